The molecule has 0 aliphatic carbocycles. The monoisotopic (exact) mass is 209 g/mol. The van der Waals surface area contributed by atoms with Crippen molar-refractivity contribution in [3.63, 3.8) is 0 Å². The highest BCUT2D eigenvalue weighted by Gasteiger charge is 2.16. The molecule has 0 amide bonds. The molecule has 1 nitrogen and oxygen atoms in total. The van der Waals surface area contributed by atoms with Gasteiger partial charge in [-0.25, -0.2) is 0 Å². The van der Waals surface area contributed by atoms with Gasteiger partial charge in [-0.3, -0.25) is 0 Å². The summed E-state index contributed by atoms with van der Waals surface area (Å²) in [6, 6.07) is 6.26. The van der Waals surface area contributed by atoms with E-state index in [1.807, 2.05) is 6.07 Å². The lowest BCUT2D eigenvalue weighted by molar-refractivity contribution is 0.459. The highest BCUT2D eigenvalue weighted by molar-refractivity contribution is 6.30. The van der Waals surface area contributed by atoms with E-state index in [-0.39, 0.29) is 0 Å². The van der Waals surface area contributed by atoms with Gasteiger partial charge in [0.25, 0.3) is 0 Å². The Hall–Kier alpha value is -0.530. The van der Waals surface area contributed by atoms with Gasteiger partial charge in [-0.2, -0.15) is 0 Å². The van der Waals surface area contributed by atoms with Crippen LogP contribution in [0.4, 0.5) is 0 Å². The molecule has 0 atom stereocenters. The van der Waals surface area contributed by atoms with Crippen LogP contribution in [0, 0.1) is 6.92 Å². The molecule has 0 bridgehead atoms. The van der Waals surface area contributed by atoms with Gasteiger partial charge in [0.2, 0.25) is 0 Å². The molecule has 1 N–H and O–H groups in total. The standard InChI is InChI=1S/C12H16ClN/c1-9-8-11(13)2-3-12(9)10-4-6-14-7-5-10/h2-3,8,10,14H,4-7H2,1H3. The third kappa shape index (κ3) is 2.10. The number of piperidine rings is 1. The first-order valence-corrected chi connectivity index (χ1v) is 5.62. The molecule has 2 heteroatoms. The molecule has 0 radical (unpaired) electrons. The molecule has 1 aliphatic heterocycles. The topological polar surface area (TPSA) is 12.0 Å². The van der Waals surface area contributed by atoms with Crippen molar-refractivity contribution in [1.82, 2.24) is 5.32 Å². The largest absolute Gasteiger partial charge is 0.317 e. The fourth-order valence-electron chi connectivity index (χ4n) is 2.23. The number of nitrogens with one attached hydrogen (secondary N) is 1. The third-order valence-corrected chi connectivity index (χ3v) is 3.25. The number of hydrogen-bond donors (Lipinski definition) is 1. The summed E-state index contributed by atoms with van der Waals surface area (Å²) < 4.78 is 0. The highest BCUT2D eigenvalue weighted by atomic mass is 35.5. The summed E-state index contributed by atoms with van der Waals surface area (Å²) in [5, 5.41) is 4.24. The smallest absolute Gasteiger partial charge is 0.0408 e. The van der Waals surface area contributed by atoms with E-state index in [0.717, 1.165) is 24.0 Å². The van der Waals surface area contributed by atoms with Gasteiger partial charge in [0, 0.05) is 5.02 Å². The molecule has 0 saturated carbocycles. The minimum Gasteiger partial charge on any atom is -0.317 e. The molecule has 14 heavy (non-hydrogen) atoms. The second-order valence-electron chi connectivity index (χ2n) is 4.03. The summed E-state index contributed by atoms with van der Waals surface area (Å²) in [5.41, 5.74) is 2.82. The third-order valence-electron chi connectivity index (χ3n) is 3.01. The van der Waals surface area contributed by atoms with Crippen LogP contribution < -0.4 is 5.32 Å². The zero-order valence-corrected chi connectivity index (χ0v) is 9.27. The fourth-order valence-corrected chi connectivity index (χ4v) is 2.46. The summed E-state index contributed by atoms with van der Waals surface area (Å²) >= 11 is 5.94. The molecule has 1 fully saturated rings. The Morgan fingerprint density at radius 2 is 2.00 bits per heavy atom. The summed E-state index contributed by atoms with van der Waals surface area (Å²) in [5.74, 6) is 0.730. The maximum absolute atomic E-state index is 5.94. The number of benzene rings is 1. The molecular formula is C12H16ClN. The summed E-state index contributed by atoms with van der Waals surface area (Å²) in [6.45, 7) is 4.45. The van der Waals surface area contributed by atoms with E-state index in [0.29, 0.717) is 0 Å². The highest BCUT2D eigenvalue weighted by Crippen LogP contribution is 2.29. The summed E-state index contributed by atoms with van der Waals surface area (Å²) in [6.07, 6.45) is 2.50. The van der Waals surface area contributed by atoms with Gasteiger partial charge in [-0.1, -0.05) is 17.7 Å². The van der Waals surface area contributed by atoms with Crippen LogP contribution in [0.5, 0.6) is 0 Å². The Morgan fingerprint density at radius 1 is 1.29 bits per heavy atom. The van der Waals surface area contributed by atoms with Gasteiger partial charge in [0.05, 0.1) is 0 Å². The molecular weight excluding hydrogens is 194 g/mol. The van der Waals surface area contributed by atoms with Gasteiger partial charge in [-0.15, -0.1) is 0 Å². The predicted molar refractivity (Wildman–Crippen MR) is 61.0 cm³/mol. The van der Waals surface area contributed by atoms with Gasteiger partial charge in [0.15, 0.2) is 0 Å². The maximum Gasteiger partial charge on any atom is 0.0408 e. The molecule has 0 aromatic heterocycles. The van der Waals surface area contributed by atoms with E-state index < -0.39 is 0 Å². The van der Waals surface area contributed by atoms with Crippen LogP contribution in [0.3, 0.4) is 0 Å². The molecule has 1 aliphatic rings. The first-order valence-electron chi connectivity index (χ1n) is 5.24. The van der Waals surface area contributed by atoms with Crippen molar-refractivity contribution in [1.29, 1.82) is 0 Å². The average molecular weight is 210 g/mol. The van der Waals surface area contributed by atoms with Gasteiger partial charge < -0.3 is 5.32 Å². The second kappa shape index (κ2) is 4.33. The van der Waals surface area contributed by atoms with E-state index in [1.54, 1.807) is 0 Å². The number of halogens is 1. The van der Waals surface area contributed by atoms with E-state index in [2.05, 4.69) is 24.4 Å². The lowest BCUT2D eigenvalue weighted by Gasteiger charge is -2.24. The van der Waals surface area contributed by atoms with E-state index in [1.165, 1.54) is 24.0 Å². The van der Waals surface area contributed by atoms with E-state index in [4.69, 9.17) is 11.6 Å². The van der Waals surface area contributed by atoms with Crippen molar-refractivity contribution < 1.29 is 0 Å². The fraction of sp³-hybridized carbons (Fsp3) is 0.500. The Balaban J connectivity index is 2.22. The van der Waals surface area contributed by atoms with Crippen molar-refractivity contribution in [2.45, 2.75) is 25.7 Å². The Bertz CT molecular complexity index is 316. The molecule has 0 unspecified atom stereocenters. The van der Waals surface area contributed by atoms with Crippen molar-refractivity contribution in [3.05, 3.63) is 34.3 Å². The maximum atomic E-state index is 5.94. The van der Waals surface area contributed by atoms with Gasteiger partial charge in [0.1, 0.15) is 0 Å². The molecule has 1 aromatic carbocycles. The van der Waals surface area contributed by atoms with Crippen molar-refractivity contribution in [2.24, 2.45) is 0 Å². The normalized spacial score (nSPS) is 18.4. The van der Waals surface area contributed by atoms with E-state index >= 15 is 0 Å². The zero-order valence-electron chi connectivity index (χ0n) is 8.52. The van der Waals surface area contributed by atoms with Crippen molar-refractivity contribution in [2.75, 3.05) is 13.1 Å². The summed E-state index contributed by atoms with van der Waals surface area (Å²) in [7, 11) is 0. The molecule has 1 heterocycles. The first-order chi connectivity index (χ1) is 6.77. The quantitative estimate of drug-likeness (QED) is 0.750. The molecule has 2 rings (SSSR count). The number of aryl methyl sites for hydroxylation is 1. The lowest BCUT2D eigenvalue weighted by atomic mass is 9.88. The zero-order chi connectivity index (χ0) is 9.97. The Morgan fingerprint density at radius 3 is 2.64 bits per heavy atom. The van der Waals surface area contributed by atoms with E-state index in [9.17, 15) is 0 Å². The van der Waals surface area contributed by atoms with Crippen molar-refractivity contribution >= 4 is 11.6 Å². The van der Waals surface area contributed by atoms with Crippen LogP contribution in [0.25, 0.3) is 0 Å². The van der Waals surface area contributed by atoms with Crippen LogP contribution in [-0.2, 0) is 0 Å². The van der Waals surface area contributed by atoms with Gasteiger partial charge >= 0.3 is 0 Å². The molecule has 0 spiro atoms. The molecule has 1 saturated heterocycles. The number of hydrogen-bond acceptors (Lipinski definition) is 1. The first kappa shape index (κ1) is 10.0. The molecule has 76 valence electrons. The minimum absolute atomic E-state index is 0.730. The second-order valence-corrected chi connectivity index (χ2v) is 4.46. The summed E-state index contributed by atoms with van der Waals surface area (Å²) in [4.78, 5) is 0. The average Bonchev–Trinajstić information content (AvgIpc) is 2.19. The van der Waals surface area contributed by atoms with Crippen LogP contribution in [0.1, 0.15) is 29.9 Å². The minimum atomic E-state index is 0.730. The van der Waals surface area contributed by atoms with Crippen LogP contribution in [-0.4, -0.2) is 13.1 Å². The van der Waals surface area contributed by atoms with Crippen LogP contribution in [0.15, 0.2) is 18.2 Å². The number of rotatable bonds is 1. The Kier molecular flexibility index (Phi) is 3.09. The Labute approximate surface area is 90.5 Å². The molecule has 1 aromatic rings. The van der Waals surface area contributed by atoms with Crippen molar-refractivity contribution in [3.8, 4) is 0 Å². The SMILES string of the molecule is Cc1cc(Cl)ccc1C1CCNCC1. The van der Waals surface area contributed by atoms with Crippen LogP contribution in [0.2, 0.25) is 5.02 Å². The predicted octanol–water partition coefficient (Wildman–Crippen LogP) is 3.12. The van der Waals surface area contributed by atoms with Gasteiger partial charge in [-0.05, 0) is 62.0 Å². The van der Waals surface area contributed by atoms with Crippen LogP contribution >= 0.6 is 11.6 Å². The lowest BCUT2D eigenvalue weighted by Crippen LogP contribution is -2.26.